The Morgan fingerprint density at radius 2 is 1.81 bits per heavy atom. The van der Waals surface area contributed by atoms with Crippen molar-refractivity contribution in [3.8, 4) is 11.5 Å². The van der Waals surface area contributed by atoms with Crippen LogP contribution in [-0.2, 0) is 4.79 Å². The predicted octanol–water partition coefficient (Wildman–Crippen LogP) is 3.08. The first-order valence-electron chi connectivity index (χ1n) is 8.58. The molecular weight excluding hydrogens is 350 g/mol. The van der Waals surface area contributed by atoms with Crippen LogP contribution in [0.2, 0.25) is 0 Å². The van der Waals surface area contributed by atoms with Gasteiger partial charge >= 0.3 is 0 Å². The normalized spacial score (nSPS) is 11.7. The molecule has 0 aliphatic carbocycles. The molecule has 1 atom stereocenters. The first-order chi connectivity index (χ1) is 12.9. The number of methoxy groups -OCH3 is 1. The van der Waals surface area contributed by atoms with Gasteiger partial charge in [0.2, 0.25) is 0 Å². The fourth-order valence-corrected chi connectivity index (χ4v) is 2.76. The van der Waals surface area contributed by atoms with E-state index in [4.69, 9.17) is 4.74 Å². The van der Waals surface area contributed by atoms with Gasteiger partial charge in [-0.25, -0.2) is 0 Å². The Labute approximate surface area is 157 Å². The average molecular weight is 372 g/mol. The van der Waals surface area contributed by atoms with Crippen molar-refractivity contribution in [1.82, 2.24) is 0 Å². The summed E-state index contributed by atoms with van der Waals surface area (Å²) in [6, 6.07) is 9.69. The molecule has 7 heteroatoms. The molecule has 2 rings (SSSR count). The second kappa shape index (κ2) is 9.16. The number of ketones is 2. The van der Waals surface area contributed by atoms with Crippen molar-refractivity contribution >= 4 is 17.3 Å². The van der Waals surface area contributed by atoms with E-state index in [0.717, 1.165) is 18.6 Å². The topological polar surface area (TPSA) is 110 Å². The van der Waals surface area contributed by atoms with E-state index in [1.165, 1.54) is 25.3 Å². The van der Waals surface area contributed by atoms with Crippen LogP contribution in [0.15, 0.2) is 42.5 Å². The molecule has 0 heterocycles. The summed E-state index contributed by atoms with van der Waals surface area (Å²) in [6.45, 7) is 1.92. The van der Waals surface area contributed by atoms with Crippen molar-refractivity contribution in [1.29, 1.82) is 0 Å². The second-order valence-electron chi connectivity index (χ2n) is 6.11. The SMILES string of the molecule is CCCCC(=O)C(C(=O)c1ccc(OC)cc1)c1cc(N(O)O)ccc1[O-]. The van der Waals surface area contributed by atoms with Gasteiger partial charge in [0, 0.05) is 12.0 Å². The zero-order valence-electron chi connectivity index (χ0n) is 15.2. The van der Waals surface area contributed by atoms with E-state index in [2.05, 4.69) is 0 Å². The molecule has 0 aromatic heterocycles. The third-order valence-electron chi connectivity index (χ3n) is 4.27. The van der Waals surface area contributed by atoms with E-state index in [0.29, 0.717) is 12.2 Å². The standard InChI is InChI=1S/C20H23NO6/c1-3-4-5-18(23)19(16-12-14(21(25)26)8-11-17(16)22)20(24)13-6-9-15(27-2)10-7-13/h6-12,19,22,25-26H,3-5H2,1-2H3/p-1. The van der Waals surface area contributed by atoms with Gasteiger partial charge < -0.3 is 9.84 Å². The quantitative estimate of drug-likeness (QED) is 0.395. The van der Waals surface area contributed by atoms with E-state index in [1.807, 2.05) is 6.92 Å². The molecule has 0 radical (unpaired) electrons. The smallest absolute Gasteiger partial charge is 0.177 e. The fraction of sp³-hybridized carbons (Fsp3) is 0.300. The molecule has 2 N–H and O–H groups in total. The number of nitrogens with zero attached hydrogens (tertiary/aromatic N) is 1. The number of benzene rings is 2. The summed E-state index contributed by atoms with van der Waals surface area (Å²) in [7, 11) is 1.50. The van der Waals surface area contributed by atoms with Gasteiger partial charge in [0.15, 0.2) is 5.78 Å². The predicted molar refractivity (Wildman–Crippen MR) is 96.5 cm³/mol. The molecule has 7 nitrogen and oxygen atoms in total. The lowest BCUT2D eigenvalue weighted by Gasteiger charge is -2.23. The summed E-state index contributed by atoms with van der Waals surface area (Å²) in [4.78, 5) is 25.8. The summed E-state index contributed by atoms with van der Waals surface area (Å²) in [5, 5.41) is 30.6. The van der Waals surface area contributed by atoms with Crippen LogP contribution in [-0.4, -0.2) is 29.1 Å². The first kappa shape index (κ1) is 20.4. The summed E-state index contributed by atoms with van der Waals surface area (Å²) < 4.78 is 5.07. The van der Waals surface area contributed by atoms with Crippen LogP contribution in [0.4, 0.5) is 5.69 Å². The van der Waals surface area contributed by atoms with Gasteiger partial charge in [0.05, 0.1) is 12.8 Å². The highest BCUT2D eigenvalue weighted by Crippen LogP contribution is 2.32. The lowest BCUT2D eigenvalue weighted by molar-refractivity contribution is -0.269. The summed E-state index contributed by atoms with van der Waals surface area (Å²) in [5.41, 5.74) is 0.0725. The number of carbonyl (C=O) groups is 2. The number of hydrogen-bond donors (Lipinski definition) is 2. The van der Waals surface area contributed by atoms with Crippen molar-refractivity contribution in [2.24, 2.45) is 0 Å². The number of rotatable bonds is 9. The Bertz CT molecular complexity index is 801. The summed E-state index contributed by atoms with van der Waals surface area (Å²) in [6.07, 6.45) is 1.50. The maximum atomic E-state index is 13.0. The fourth-order valence-electron chi connectivity index (χ4n) is 2.76. The third kappa shape index (κ3) is 4.84. The Hall–Kier alpha value is -2.90. The third-order valence-corrected chi connectivity index (χ3v) is 4.27. The molecule has 2 aromatic carbocycles. The highest BCUT2D eigenvalue weighted by atomic mass is 16.8. The largest absolute Gasteiger partial charge is 0.872 e. The second-order valence-corrected chi connectivity index (χ2v) is 6.11. The maximum Gasteiger partial charge on any atom is 0.177 e. The number of anilines is 1. The number of hydrogen-bond acceptors (Lipinski definition) is 7. The Kier molecular flexibility index (Phi) is 6.92. The van der Waals surface area contributed by atoms with Crippen molar-refractivity contribution in [2.75, 3.05) is 12.3 Å². The van der Waals surface area contributed by atoms with E-state index in [1.54, 1.807) is 12.1 Å². The van der Waals surface area contributed by atoms with E-state index in [9.17, 15) is 25.1 Å². The van der Waals surface area contributed by atoms with E-state index >= 15 is 0 Å². The molecule has 27 heavy (non-hydrogen) atoms. The molecule has 0 saturated carbocycles. The van der Waals surface area contributed by atoms with Crippen LogP contribution in [0.3, 0.4) is 0 Å². The monoisotopic (exact) mass is 372 g/mol. The number of ether oxygens (including phenoxy) is 1. The number of unbranched alkanes of at least 4 members (excludes halogenated alkanes) is 1. The molecule has 2 aromatic rings. The zero-order valence-corrected chi connectivity index (χ0v) is 15.2. The molecule has 144 valence electrons. The van der Waals surface area contributed by atoms with Gasteiger partial charge in [0.1, 0.15) is 17.5 Å². The van der Waals surface area contributed by atoms with E-state index in [-0.39, 0.29) is 34.2 Å². The van der Waals surface area contributed by atoms with Gasteiger partial charge in [0.25, 0.3) is 0 Å². The Morgan fingerprint density at radius 3 is 2.37 bits per heavy atom. The van der Waals surface area contributed by atoms with Gasteiger partial charge in [-0.05, 0) is 48.4 Å². The highest BCUT2D eigenvalue weighted by Gasteiger charge is 2.29. The van der Waals surface area contributed by atoms with Gasteiger partial charge in [-0.1, -0.05) is 19.4 Å². The van der Waals surface area contributed by atoms with Crippen molar-refractivity contribution in [3.05, 3.63) is 53.6 Å². The summed E-state index contributed by atoms with van der Waals surface area (Å²) in [5.74, 6) is -2.16. The lowest BCUT2D eigenvalue weighted by Crippen LogP contribution is -2.24. The van der Waals surface area contributed by atoms with Gasteiger partial charge in [-0.3, -0.25) is 20.0 Å². The highest BCUT2D eigenvalue weighted by molar-refractivity contribution is 6.15. The van der Waals surface area contributed by atoms with Crippen LogP contribution in [0, 0.1) is 0 Å². The average Bonchev–Trinajstić information content (AvgIpc) is 2.67. The van der Waals surface area contributed by atoms with E-state index < -0.39 is 17.5 Å². The number of carbonyl (C=O) groups excluding carboxylic acids is 2. The van der Waals surface area contributed by atoms with Crippen LogP contribution >= 0.6 is 0 Å². The molecule has 0 spiro atoms. The molecule has 0 bridgehead atoms. The molecule has 0 fully saturated rings. The van der Waals surface area contributed by atoms with Gasteiger partial charge in [-0.15, -0.1) is 11.0 Å². The first-order valence-corrected chi connectivity index (χ1v) is 8.58. The van der Waals surface area contributed by atoms with Gasteiger partial charge in [-0.2, -0.15) is 0 Å². The molecule has 0 aliphatic heterocycles. The minimum absolute atomic E-state index is 0.0810. The van der Waals surface area contributed by atoms with Crippen LogP contribution < -0.4 is 15.1 Å². The summed E-state index contributed by atoms with van der Waals surface area (Å²) >= 11 is 0. The van der Waals surface area contributed by atoms with Crippen LogP contribution in [0.1, 0.15) is 48.0 Å². The minimum Gasteiger partial charge on any atom is -0.872 e. The zero-order chi connectivity index (χ0) is 20.0. The molecule has 0 saturated heterocycles. The lowest BCUT2D eigenvalue weighted by atomic mass is 9.84. The number of Topliss-reactive ketones (excluding diaryl/α,β-unsaturated/α-hetero) is 2. The molecular formula is C20H22NO6-. The Morgan fingerprint density at radius 1 is 1.15 bits per heavy atom. The van der Waals surface area contributed by atoms with Crippen LogP contribution in [0.5, 0.6) is 11.5 Å². The molecule has 0 amide bonds. The molecule has 0 aliphatic rings. The van der Waals surface area contributed by atoms with Crippen molar-refractivity contribution in [2.45, 2.75) is 32.1 Å². The van der Waals surface area contributed by atoms with Crippen molar-refractivity contribution in [3.63, 3.8) is 0 Å². The minimum atomic E-state index is -1.31. The Balaban J connectivity index is 2.49. The maximum absolute atomic E-state index is 13.0. The van der Waals surface area contributed by atoms with Crippen molar-refractivity contribution < 1.29 is 29.8 Å². The van der Waals surface area contributed by atoms with Crippen LogP contribution in [0.25, 0.3) is 0 Å². The molecule has 1 unspecified atom stereocenters.